The van der Waals surface area contributed by atoms with Crippen molar-refractivity contribution < 1.29 is 0 Å². The van der Waals surface area contributed by atoms with E-state index in [-0.39, 0.29) is 5.65 Å². The summed E-state index contributed by atoms with van der Waals surface area (Å²) in [6.45, 7) is 0.415. The van der Waals surface area contributed by atoms with E-state index in [4.69, 9.17) is 5.84 Å². The highest BCUT2D eigenvalue weighted by Crippen LogP contribution is 2.16. The van der Waals surface area contributed by atoms with Crippen LogP contribution in [-0.4, -0.2) is 19.1 Å². The number of imidazole rings is 1. The number of aryl methyl sites for hydroxylation is 1. The average Bonchev–Trinajstić information content (AvgIpc) is 2.85. The van der Waals surface area contributed by atoms with Gasteiger partial charge in [-0.05, 0) is 5.56 Å². The van der Waals surface area contributed by atoms with Gasteiger partial charge in [-0.1, -0.05) is 30.3 Å². The number of aromatic nitrogens is 4. The summed E-state index contributed by atoms with van der Waals surface area (Å²) < 4.78 is 2.92. The van der Waals surface area contributed by atoms with Crippen molar-refractivity contribution in [2.24, 2.45) is 12.9 Å². The summed E-state index contributed by atoms with van der Waals surface area (Å²) >= 11 is 0. The van der Waals surface area contributed by atoms with Gasteiger partial charge in [0.25, 0.3) is 5.56 Å². The zero-order chi connectivity index (χ0) is 15.0. The Morgan fingerprint density at radius 1 is 1.29 bits per heavy atom. The molecule has 0 amide bonds. The molecule has 108 valence electrons. The molecule has 0 spiro atoms. The average molecular weight is 286 g/mol. The molecule has 0 aliphatic heterocycles. The number of nitrogens with zero attached hydrogens (tertiary/aromatic N) is 3. The predicted octanol–water partition coefficient (Wildman–Crippen LogP) is -0.243. The van der Waals surface area contributed by atoms with Crippen molar-refractivity contribution in [1.82, 2.24) is 19.1 Å². The summed E-state index contributed by atoms with van der Waals surface area (Å²) in [4.78, 5) is 30.2. The molecule has 0 aliphatic carbocycles. The van der Waals surface area contributed by atoms with E-state index in [1.54, 1.807) is 11.6 Å². The Kier molecular flexibility index (Phi) is 3.07. The highest BCUT2D eigenvalue weighted by molar-refractivity contribution is 5.74. The number of hydrogen-bond acceptors (Lipinski definition) is 5. The summed E-state index contributed by atoms with van der Waals surface area (Å²) in [6.07, 6.45) is 0. The van der Waals surface area contributed by atoms with E-state index in [0.29, 0.717) is 18.0 Å². The molecular weight excluding hydrogens is 272 g/mol. The lowest BCUT2D eigenvalue weighted by atomic mass is 10.2. The minimum Gasteiger partial charge on any atom is -0.299 e. The maximum atomic E-state index is 12.1. The van der Waals surface area contributed by atoms with Crippen LogP contribution in [0.3, 0.4) is 0 Å². The SMILES string of the molecule is Cn1c(=O)[nH]c(=O)c2c1nc(NN)n2Cc1ccccc1. The second kappa shape index (κ2) is 4.91. The monoisotopic (exact) mass is 286 g/mol. The predicted molar refractivity (Wildman–Crippen MR) is 78.9 cm³/mol. The van der Waals surface area contributed by atoms with Crippen LogP contribution in [-0.2, 0) is 13.6 Å². The van der Waals surface area contributed by atoms with Gasteiger partial charge in [0.1, 0.15) is 0 Å². The van der Waals surface area contributed by atoms with Gasteiger partial charge < -0.3 is 0 Å². The number of nitrogen functional groups attached to an aromatic ring is 1. The molecule has 1 aromatic carbocycles. The van der Waals surface area contributed by atoms with Crippen LogP contribution < -0.4 is 22.5 Å². The Labute approximate surface area is 118 Å². The fourth-order valence-corrected chi connectivity index (χ4v) is 2.26. The molecule has 21 heavy (non-hydrogen) atoms. The zero-order valence-electron chi connectivity index (χ0n) is 11.3. The summed E-state index contributed by atoms with van der Waals surface area (Å²) in [5, 5.41) is 0. The Bertz CT molecular complexity index is 906. The molecule has 8 nitrogen and oxygen atoms in total. The molecule has 3 rings (SSSR count). The summed E-state index contributed by atoms with van der Waals surface area (Å²) in [5.41, 5.74) is 3.03. The van der Waals surface area contributed by atoms with Crippen molar-refractivity contribution in [3.8, 4) is 0 Å². The van der Waals surface area contributed by atoms with Gasteiger partial charge in [-0.25, -0.2) is 10.6 Å². The Morgan fingerprint density at radius 2 is 2.00 bits per heavy atom. The third kappa shape index (κ3) is 2.11. The van der Waals surface area contributed by atoms with Gasteiger partial charge in [0.15, 0.2) is 11.2 Å². The number of hydrogen-bond donors (Lipinski definition) is 3. The third-order valence-electron chi connectivity index (χ3n) is 3.32. The maximum Gasteiger partial charge on any atom is 0.329 e. The van der Waals surface area contributed by atoms with E-state index in [1.165, 1.54) is 4.57 Å². The molecule has 0 unspecified atom stereocenters. The Balaban J connectivity index is 2.28. The van der Waals surface area contributed by atoms with Gasteiger partial charge in [-0.2, -0.15) is 4.98 Å². The van der Waals surface area contributed by atoms with E-state index in [9.17, 15) is 9.59 Å². The van der Waals surface area contributed by atoms with Crippen molar-refractivity contribution in [1.29, 1.82) is 0 Å². The number of nitrogens with one attached hydrogen (secondary N) is 2. The maximum absolute atomic E-state index is 12.1. The summed E-state index contributed by atoms with van der Waals surface area (Å²) in [5.74, 6) is 5.79. The molecule has 8 heteroatoms. The number of nitrogens with two attached hydrogens (primary N) is 1. The molecule has 0 saturated heterocycles. The number of H-pyrrole nitrogens is 1. The van der Waals surface area contributed by atoms with Crippen LogP contribution in [0, 0.1) is 0 Å². The molecule has 0 aliphatic rings. The number of hydrazine groups is 1. The highest BCUT2D eigenvalue weighted by Gasteiger charge is 2.16. The first kappa shape index (κ1) is 13.1. The fourth-order valence-electron chi connectivity index (χ4n) is 2.26. The number of aromatic amines is 1. The van der Waals surface area contributed by atoms with Gasteiger partial charge >= 0.3 is 5.69 Å². The van der Waals surface area contributed by atoms with Gasteiger partial charge in [-0.3, -0.25) is 24.3 Å². The van der Waals surface area contributed by atoms with Crippen molar-refractivity contribution >= 4 is 17.1 Å². The largest absolute Gasteiger partial charge is 0.329 e. The number of fused-ring (bicyclic) bond motifs is 1. The van der Waals surface area contributed by atoms with Gasteiger partial charge in [0.2, 0.25) is 5.95 Å². The van der Waals surface area contributed by atoms with E-state index in [1.807, 2.05) is 30.3 Å². The molecule has 0 atom stereocenters. The van der Waals surface area contributed by atoms with Crippen molar-refractivity contribution in [2.45, 2.75) is 6.54 Å². The molecule has 2 heterocycles. The second-order valence-corrected chi connectivity index (χ2v) is 4.64. The van der Waals surface area contributed by atoms with Crippen molar-refractivity contribution in [3.63, 3.8) is 0 Å². The first-order valence-electron chi connectivity index (χ1n) is 6.32. The van der Waals surface area contributed by atoms with E-state index in [0.717, 1.165) is 5.56 Å². The minimum atomic E-state index is -0.513. The van der Waals surface area contributed by atoms with E-state index >= 15 is 0 Å². The molecule has 0 bridgehead atoms. The lowest BCUT2D eigenvalue weighted by molar-refractivity contribution is 0.808. The Morgan fingerprint density at radius 3 is 2.67 bits per heavy atom. The first-order chi connectivity index (χ1) is 10.1. The van der Waals surface area contributed by atoms with Crippen LogP contribution in [0.4, 0.5) is 5.95 Å². The molecule has 0 fully saturated rings. The zero-order valence-corrected chi connectivity index (χ0v) is 11.3. The van der Waals surface area contributed by atoms with E-state index in [2.05, 4.69) is 15.4 Å². The molecule has 2 aromatic heterocycles. The number of benzene rings is 1. The molecule has 0 radical (unpaired) electrons. The van der Waals surface area contributed by atoms with Gasteiger partial charge in [0.05, 0.1) is 6.54 Å². The lowest BCUT2D eigenvalue weighted by Crippen LogP contribution is -2.29. The number of rotatable bonds is 3. The molecule has 3 aromatic rings. The molecule has 4 N–H and O–H groups in total. The summed E-state index contributed by atoms with van der Waals surface area (Å²) in [6, 6.07) is 9.59. The summed E-state index contributed by atoms with van der Waals surface area (Å²) in [7, 11) is 1.54. The second-order valence-electron chi connectivity index (χ2n) is 4.64. The van der Waals surface area contributed by atoms with Crippen LogP contribution >= 0.6 is 0 Å². The molecule has 0 saturated carbocycles. The smallest absolute Gasteiger partial charge is 0.299 e. The highest BCUT2D eigenvalue weighted by atomic mass is 16.2. The van der Waals surface area contributed by atoms with Crippen LogP contribution in [0.5, 0.6) is 0 Å². The fraction of sp³-hybridized carbons (Fsp3) is 0.154. The van der Waals surface area contributed by atoms with Crippen LogP contribution in [0.15, 0.2) is 39.9 Å². The van der Waals surface area contributed by atoms with Crippen LogP contribution in [0.2, 0.25) is 0 Å². The normalized spacial score (nSPS) is 11.0. The Hall–Kier alpha value is -2.87. The van der Waals surface area contributed by atoms with Crippen molar-refractivity contribution in [3.05, 3.63) is 56.7 Å². The van der Waals surface area contributed by atoms with Crippen LogP contribution in [0.25, 0.3) is 11.2 Å². The van der Waals surface area contributed by atoms with Gasteiger partial charge in [-0.15, -0.1) is 0 Å². The first-order valence-corrected chi connectivity index (χ1v) is 6.32. The molecular formula is C13H14N6O2. The van der Waals surface area contributed by atoms with E-state index < -0.39 is 11.2 Å². The minimum absolute atomic E-state index is 0.285. The third-order valence-corrected chi connectivity index (χ3v) is 3.32. The van der Waals surface area contributed by atoms with Gasteiger partial charge in [0, 0.05) is 7.05 Å². The lowest BCUT2D eigenvalue weighted by Gasteiger charge is -2.07. The topological polar surface area (TPSA) is 111 Å². The van der Waals surface area contributed by atoms with Crippen LogP contribution in [0.1, 0.15) is 5.56 Å². The quantitative estimate of drug-likeness (QED) is 0.454. The number of anilines is 1. The van der Waals surface area contributed by atoms with Crippen molar-refractivity contribution in [2.75, 3.05) is 5.43 Å². The standard InChI is InChI=1S/C13H14N6O2/c1-18-10-9(11(20)16-13(18)21)19(12(15-10)17-14)7-8-5-3-2-4-6-8/h2-6H,7,14H2,1H3,(H,15,17)(H,16,20,21).